The maximum Gasteiger partial charge on any atom is 0.255 e. The second kappa shape index (κ2) is 9.24. The Labute approximate surface area is 206 Å². The first kappa shape index (κ1) is 25.7. The summed E-state index contributed by atoms with van der Waals surface area (Å²) in [5, 5.41) is 22.8. The molecule has 0 heterocycles. The van der Waals surface area contributed by atoms with Crippen LogP contribution in [-0.4, -0.2) is 47.3 Å². The summed E-state index contributed by atoms with van der Waals surface area (Å²) in [4.78, 5) is 24.1. The third kappa shape index (κ3) is 4.48. The molecule has 35 heavy (non-hydrogen) atoms. The molecule has 2 saturated carbocycles. The van der Waals surface area contributed by atoms with E-state index in [-0.39, 0.29) is 34.0 Å². The third-order valence-corrected chi connectivity index (χ3v) is 9.86. The number of carbonyl (C=O) groups excluding carboxylic acids is 2. The van der Waals surface area contributed by atoms with Crippen LogP contribution in [0, 0.1) is 23.5 Å². The number of amides is 1. The zero-order valence-corrected chi connectivity index (χ0v) is 20.2. The molecule has 2 aromatic carbocycles. The lowest BCUT2D eigenvalue weighted by atomic mass is 9.70. The van der Waals surface area contributed by atoms with Crippen LogP contribution in [0.25, 0.3) is 0 Å². The minimum absolute atomic E-state index is 0.0135. The molecule has 7 nitrogen and oxygen atoms in total. The van der Waals surface area contributed by atoms with Crippen molar-refractivity contribution < 1.29 is 37.0 Å². The molecular formula is C24H24ClF2NO6S. The molecule has 1 amide bonds. The van der Waals surface area contributed by atoms with Crippen molar-refractivity contribution in [1.82, 2.24) is 0 Å². The first-order valence-electron chi connectivity index (χ1n) is 11.1. The standard InChI is InChI=1S/C24H24ClF2NO6S/c1-12(29)22(30)24(32)14-3-4-15(24)10-17(9-14)35(33,34)21-8-13(2-6-18(21)25)23(31)28-16-5-7-19(26)20(27)11-16/h2,5-8,11,14-15,17,22,30,32H,3-4,9-10H2,1H3,(H,28,31)/t14-,15+,17?,22-,24?/m1/s1. The SMILES string of the molecule is CC(=O)[C@@H](O)C1(O)[C@@H]2CC[C@H]1CC(S(=O)(=O)c1cc(C(=O)Nc3ccc(F)c(F)c3)ccc1Cl)C2. The van der Waals surface area contributed by atoms with E-state index in [1.165, 1.54) is 19.1 Å². The molecule has 5 atom stereocenters. The first-order valence-corrected chi connectivity index (χ1v) is 13.0. The van der Waals surface area contributed by atoms with Gasteiger partial charge in [-0.3, -0.25) is 9.59 Å². The molecule has 2 fully saturated rings. The summed E-state index contributed by atoms with van der Waals surface area (Å²) in [6, 6.07) is 6.52. The smallest absolute Gasteiger partial charge is 0.255 e. The summed E-state index contributed by atoms with van der Waals surface area (Å²) < 4.78 is 53.7. The zero-order chi connectivity index (χ0) is 25.7. The Morgan fingerprint density at radius 3 is 2.29 bits per heavy atom. The van der Waals surface area contributed by atoms with Crippen molar-refractivity contribution in [3.63, 3.8) is 0 Å². The topological polar surface area (TPSA) is 121 Å². The van der Waals surface area contributed by atoms with Crippen LogP contribution in [0.15, 0.2) is 41.3 Å². The Morgan fingerprint density at radius 2 is 1.71 bits per heavy atom. The normalized spacial score (nSPS) is 26.9. The third-order valence-electron chi connectivity index (χ3n) is 7.21. The van der Waals surface area contributed by atoms with Crippen molar-refractivity contribution in [3.05, 3.63) is 58.6 Å². The fourth-order valence-electron chi connectivity index (χ4n) is 5.39. The molecule has 2 aliphatic rings. The van der Waals surface area contributed by atoms with Gasteiger partial charge in [0.2, 0.25) is 0 Å². The minimum Gasteiger partial charge on any atom is -0.386 e. The zero-order valence-electron chi connectivity index (χ0n) is 18.7. The summed E-state index contributed by atoms with van der Waals surface area (Å²) in [5.74, 6) is -4.71. The average Bonchev–Trinajstić information content (AvgIpc) is 2.97. The number of Topliss-reactive ketones (excluding diaryl/α,β-unsaturated/α-hetero) is 1. The van der Waals surface area contributed by atoms with Gasteiger partial charge >= 0.3 is 0 Å². The van der Waals surface area contributed by atoms with Crippen LogP contribution in [0.3, 0.4) is 0 Å². The average molecular weight is 528 g/mol. The number of hydrogen-bond donors (Lipinski definition) is 3. The molecule has 2 aliphatic carbocycles. The van der Waals surface area contributed by atoms with Crippen LogP contribution in [0.4, 0.5) is 14.5 Å². The van der Waals surface area contributed by atoms with Crippen molar-refractivity contribution in [2.75, 3.05) is 5.32 Å². The van der Waals surface area contributed by atoms with Crippen LogP contribution < -0.4 is 5.32 Å². The molecule has 188 valence electrons. The highest BCUT2D eigenvalue weighted by atomic mass is 35.5. The number of fused-ring (bicyclic) bond motifs is 2. The molecule has 2 aromatic rings. The van der Waals surface area contributed by atoms with Crippen LogP contribution >= 0.6 is 11.6 Å². The number of aliphatic hydroxyl groups excluding tert-OH is 1. The summed E-state index contributed by atoms with van der Waals surface area (Å²) >= 11 is 6.20. The number of nitrogens with one attached hydrogen (secondary N) is 1. The Balaban J connectivity index is 1.59. The van der Waals surface area contributed by atoms with Gasteiger partial charge in [0.25, 0.3) is 5.91 Å². The van der Waals surface area contributed by atoms with Gasteiger partial charge < -0.3 is 15.5 Å². The molecule has 2 bridgehead atoms. The van der Waals surface area contributed by atoms with Gasteiger partial charge in [-0.1, -0.05) is 11.6 Å². The molecule has 4 rings (SSSR count). The Morgan fingerprint density at radius 1 is 1.09 bits per heavy atom. The number of rotatable bonds is 6. The number of carbonyl (C=O) groups is 2. The lowest BCUT2D eigenvalue weighted by Gasteiger charge is -2.44. The van der Waals surface area contributed by atoms with Crippen molar-refractivity contribution in [2.45, 2.75) is 54.5 Å². The van der Waals surface area contributed by atoms with Gasteiger partial charge in [0.15, 0.2) is 27.3 Å². The van der Waals surface area contributed by atoms with E-state index in [1.54, 1.807) is 0 Å². The Kier molecular flexibility index (Phi) is 6.78. The second-order valence-electron chi connectivity index (χ2n) is 9.24. The molecule has 3 N–H and O–H groups in total. The second-order valence-corrected chi connectivity index (χ2v) is 11.8. The van der Waals surface area contributed by atoms with Crippen LogP contribution in [0.2, 0.25) is 5.02 Å². The van der Waals surface area contributed by atoms with Gasteiger partial charge in [0, 0.05) is 17.3 Å². The number of sulfone groups is 1. The molecule has 0 aliphatic heterocycles. The quantitative estimate of drug-likeness (QED) is 0.528. The predicted octanol–water partition coefficient (Wildman–Crippen LogP) is 3.51. The van der Waals surface area contributed by atoms with Gasteiger partial charge in [0.1, 0.15) is 11.7 Å². The lowest BCUT2D eigenvalue weighted by molar-refractivity contribution is -0.162. The highest BCUT2D eigenvalue weighted by Crippen LogP contribution is 2.53. The van der Waals surface area contributed by atoms with Crippen LogP contribution in [-0.2, 0) is 14.6 Å². The molecule has 2 unspecified atom stereocenters. The number of benzene rings is 2. The van der Waals surface area contributed by atoms with Crippen LogP contribution in [0.1, 0.15) is 43.0 Å². The van der Waals surface area contributed by atoms with E-state index in [0.717, 1.165) is 24.3 Å². The molecule has 0 radical (unpaired) electrons. The Hall–Kier alpha value is -2.40. The molecule has 0 spiro atoms. The Bertz CT molecular complexity index is 1290. The van der Waals surface area contributed by atoms with E-state index < -0.39 is 62.0 Å². The summed E-state index contributed by atoms with van der Waals surface area (Å²) in [6.45, 7) is 1.18. The number of halogens is 3. The van der Waals surface area contributed by atoms with E-state index in [4.69, 9.17) is 11.6 Å². The summed E-state index contributed by atoms with van der Waals surface area (Å²) in [6.07, 6.45) is -0.581. The fraction of sp³-hybridized carbons (Fsp3) is 0.417. The molecule has 0 saturated heterocycles. The van der Waals surface area contributed by atoms with Crippen LogP contribution in [0.5, 0.6) is 0 Å². The highest BCUT2D eigenvalue weighted by molar-refractivity contribution is 7.92. The monoisotopic (exact) mass is 527 g/mol. The highest BCUT2D eigenvalue weighted by Gasteiger charge is 2.60. The summed E-state index contributed by atoms with van der Waals surface area (Å²) in [5.41, 5.74) is -1.74. The lowest BCUT2D eigenvalue weighted by Crippen LogP contribution is -2.57. The van der Waals surface area contributed by atoms with E-state index in [0.29, 0.717) is 12.8 Å². The molecule has 0 aromatic heterocycles. The number of hydrogen-bond acceptors (Lipinski definition) is 6. The van der Waals surface area contributed by atoms with Gasteiger partial charge in [-0.2, -0.15) is 0 Å². The van der Waals surface area contributed by atoms with Crippen molar-refractivity contribution in [3.8, 4) is 0 Å². The maximum absolute atomic E-state index is 13.5. The first-order chi connectivity index (χ1) is 16.4. The number of aliphatic hydroxyl groups is 2. The van der Waals surface area contributed by atoms with Crippen molar-refractivity contribution in [2.24, 2.45) is 11.8 Å². The number of anilines is 1. The van der Waals surface area contributed by atoms with Gasteiger partial charge in [0.05, 0.1) is 15.2 Å². The largest absolute Gasteiger partial charge is 0.386 e. The van der Waals surface area contributed by atoms with Gasteiger partial charge in [-0.05, 0) is 74.8 Å². The van der Waals surface area contributed by atoms with Crippen molar-refractivity contribution in [1.29, 1.82) is 0 Å². The van der Waals surface area contributed by atoms with Crippen molar-refractivity contribution >= 4 is 38.8 Å². The number of ketones is 1. The van der Waals surface area contributed by atoms with E-state index in [2.05, 4.69) is 5.32 Å². The molecular weight excluding hydrogens is 504 g/mol. The van der Waals surface area contributed by atoms with E-state index in [9.17, 15) is 37.0 Å². The van der Waals surface area contributed by atoms with Gasteiger partial charge in [-0.15, -0.1) is 0 Å². The van der Waals surface area contributed by atoms with Gasteiger partial charge in [-0.25, -0.2) is 17.2 Å². The van der Waals surface area contributed by atoms with E-state index >= 15 is 0 Å². The fourth-order valence-corrected chi connectivity index (χ4v) is 7.79. The summed E-state index contributed by atoms with van der Waals surface area (Å²) in [7, 11) is -4.06. The molecule has 11 heteroatoms. The minimum atomic E-state index is -4.06. The maximum atomic E-state index is 13.5. The van der Waals surface area contributed by atoms with E-state index in [1.807, 2.05) is 0 Å². The predicted molar refractivity (Wildman–Crippen MR) is 124 cm³/mol.